The number of fused-ring (bicyclic) bond motifs is 3. The SMILES string of the molecule is O=C(N[C@H]1CCSC2c3ccccc3CC(C(=O)O)N2C1=O)OCc1ccccc1. The second kappa shape index (κ2) is 8.79. The van der Waals surface area contributed by atoms with Crippen LogP contribution in [0, 0.1) is 0 Å². The highest BCUT2D eigenvalue weighted by molar-refractivity contribution is 7.99. The van der Waals surface area contributed by atoms with Crippen LogP contribution in [0.4, 0.5) is 4.79 Å². The minimum atomic E-state index is -1.05. The molecular weight excluding hydrogens is 404 g/mol. The second-order valence-corrected chi connectivity index (χ2v) is 8.46. The molecule has 3 atom stereocenters. The number of carbonyl (C=O) groups is 3. The highest BCUT2D eigenvalue weighted by Gasteiger charge is 2.45. The molecule has 30 heavy (non-hydrogen) atoms. The van der Waals surface area contributed by atoms with E-state index in [0.29, 0.717) is 12.2 Å². The van der Waals surface area contributed by atoms with Crippen LogP contribution >= 0.6 is 11.8 Å². The highest BCUT2D eigenvalue weighted by Crippen LogP contribution is 2.43. The molecule has 0 saturated carbocycles. The van der Waals surface area contributed by atoms with Gasteiger partial charge in [-0.2, -0.15) is 0 Å². The van der Waals surface area contributed by atoms with Crippen molar-refractivity contribution in [1.82, 2.24) is 10.2 Å². The van der Waals surface area contributed by atoms with Gasteiger partial charge in [0.1, 0.15) is 24.1 Å². The van der Waals surface area contributed by atoms with Crippen LogP contribution in [0.3, 0.4) is 0 Å². The number of nitrogens with one attached hydrogen (secondary N) is 1. The van der Waals surface area contributed by atoms with Crippen molar-refractivity contribution < 1.29 is 24.2 Å². The number of alkyl carbamates (subject to hydrolysis) is 1. The van der Waals surface area contributed by atoms with Gasteiger partial charge in [-0.25, -0.2) is 9.59 Å². The average molecular weight is 426 g/mol. The number of hydrogen-bond acceptors (Lipinski definition) is 5. The number of carboxylic acids is 1. The Hall–Kier alpha value is -3.00. The molecule has 156 valence electrons. The standard InChI is InChI=1S/C22H22N2O5S/c25-19-17(23-22(28)29-13-14-6-2-1-3-7-14)10-11-30-20-16-9-5-4-8-15(16)12-18(21(26)27)24(19)20/h1-9,17-18,20H,10-13H2,(H,23,28)(H,26,27)/t17-,18?,20?/m0/s1. The zero-order chi connectivity index (χ0) is 21.1. The molecule has 2 unspecified atom stereocenters. The summed E-state index contributed by atoms with van der Waals surface area (Å²) < 4.78 is 5.24. The quantitative estimate of drug-likeness (QED) is 0.780. The van der Waals surface area contributed by atoms with Gasteiger partial charge in [0, 0.05) is 6.42 Å². The lowest BCUT2D eigenvalue weighted by Gasteiger charge is -2.40. The minimum Gasteiger partial charge on any atom is -0.480 e. The van der Waals surface area contributed by atoms with Crippen LogP contribution in [0.15, 0.2) is 54.6 Å². The molecule has 0 aromatic heterocycles. The number of benzene rings is 2. The van der Waals surface area contributed by atoms with E-state index in [2.05, 4.69) is 5.32 Å². The minimum absolute atomic E-state index is 0.0970. The third kappa shape index (κ3) is 4.14. The molecule has 1 fully saturated rings. The Kier molecular flexibility index (Phi) is 5.94. The average Bonchev–Trinajstić information content (AvgIpc) is 2.92. The summed E-state index contributed by atoms with van der Waals surface area (Å²) >= 11 is 1.53. The largest absolute Gasteiger partial charge is 0.480 e. The topological polar surface area (TPSA) is 95.9 Å². The monoisotopic (exact) mass is 426 g/mol. The summed E-state index contributed by atoms with van der Waals surface area (Å²) in [5.74, 6) is -0.823. The van der Waals surface area contributed by atoms with E-state index in [1.807, 2.05) is 54.6 Å². The summed E-state index contributed by atoms with van der Waals surface area (Å²) in [5, 5.41) is 12.0. The lowest BCUT2D eigenvalue weighted by Crippen LogP contribution is -2.55. The summed E-state index contributed by atoms with van der Waals surface area (Å²) in [4.78, 5) is 39.0. The van der Waals surface area contributed by atoms with E-state index in [0.717, 1.165) is 16.7 Å². The van der Waals surface area contributed by atoms with Crippen molar-refractivity contribution in [2.75, 3.05) is 5.75 Å². The zero-order valence-corrected chi connectivity index (χ0v) is 17.0. The molecular formula is C22H22N2O5S. The number of rotatable bonds is 4. The first-order chi connectivity index (χ1) is 14.5. The fourth-order valence-electron chi connectivity index (χ4n) is 3.87. The number of amides is 2. The summed E-state index contributed by atoms with van der Waals surface area (Å²) in [5.41, 5.74) is 2.75. The lowest BCUT2D eigenvalue weighted by molar-refractivity contribution is -0.152. The van der Waals surface area contributed by atoms with Gasteiger partial charge in [-0.3, -0.25) is 4.79 Å². The highest BCUT2D eigenvalue weighted by atomic mass is 32.2. The molecule has 0 spiro atoms. The van der Waals surface area contributed by atoms with Gasteiger partial charge in [-0.1, -0.05) is 54.6 Å². The molecule has 2 aromatic rings. The van der Waals surface area contributed by atoms with Crippen molar-refractivity contribution in [2.24, 2.45) is 0 Å². The molecule has 4 rings (SSSR count). The number of nitrogens with zero attached hydrogens (tertiary/aromatic N) is 1. The lowest BCUT2D eigenvalue weighted by atomic mass is 9.93. The van der Waals surface area contributed by atoms with Gasteiger partial charge < -0.3 is 20.1 Å². The molecule has 2 amide bonds. The van der Waals surface area contributed by atoms with Gasteiger partial charge in [-0.15, -0.1) is 11.8 Å². The van der Waals surface area contributed by atoms with Crippen molar-refractivity contribution in [3.63, 3.8) is 0 Å². The predicted octanol–water partition coefficient (Wildman–Crippen LogP) is 2.96. The van der Waals surface area contributed by atoms with Crippen LogP contribution in [0.5, 0.6) is 0 Å². The van der Waals surface area contributed by atoms with Crippen LogP contribution in [-0.2, 0) is 27.4 Å². The number of thioether (sulfide) groups is 1. The van der Waals surface area contributed by atoms with Crippen molar-refractivity contribution in [3.05, 3.63) is 71.3 Å². The van der Waals surface area contributed by atoms with Crippen molar-refractivity contribution in [2.45, 2.75) is 36.9 Å². The first-order valence-corrected chi connectivity index (χ1v) is 10.8. The molecule has 2 aromatic carbocycles. The first-order valence-electron chi connectivity index (χ1n) is 9.76. The molecule has 1 saturated heterocycles. The van der Waals surface area contributed by atoms with Gasteiger partial charge >= 0.3 is 12.1 Å². The molecule has 2 heterocycles. The maximum atomic E-state index is 13.3. The van der Waals surface area contributed by atoms with Gasteiger partial charge in [0.15, 0.2) is 0 Å². The van der Waals surface area contributed by atoms with E-state index < -0.39 is 24.1 Å². The Balaban J connectivity index is 1.50. The van der Waals surface area contributed by atoms with E-state index in [1.54, 1.807) is 0 Å². The Bertz CT molecular complexity index is 952. The Morgan fingerprint density at radius 3 is 2.63 bits per heavy atom. The zero-order valence-electron chi connectivity index (χ0n) is 16.2. The Labute approximate surface area is 178 Å². The smallest absolute Gasteiger partial charge is 0.408 e. The Morgan fingerprint density at radius 2 is 1.87 bits per heavy atom. The van der Waals surface area contributed by atoms with Gasteiger partial charge in [0.2, 0.25) is 5.91 Å². The fraction of sp³-hybridized carbons (Fsp3) is 0.318. The van der Waals surface area contributed by atoms with E-state index in [4.69, 9.17) is 4.74 Å². The number of aliphatic carboxylic acids is 1. The third-order valence-corrected chi connectivity index (χ3v) is 6.62. The molecule has 8 heteroatoms. The maximum absolute atomic E-state index is 13.3. The molecule has 2 aliphatic heterocycles. The molecule has 0 aliphatic carbocycles. The Morgan fingerprint density at radius 1 is 1.13 bits per heavy atom. The first kappa shape index (κ1) is 20.3. The van der Waals surface area contributed by atoms with E-state index in [-0.39, 0.29) is 24.3 Å². The van der Waals surface area contributed by atoms with Crippen LogP contribution < -0.4 is 5.32 Å². The third-order valence-electron chi connectivity index (χ3n) is 5.35. The maximum Gasteiger partial charge on any atom is 0.408 e. The summed E-state index contributed by atoms with van der Waals surface area (Å²) in [6.45, 7) is 0.0970. The van der Waals surface area contributed by atoms with Gasteiger partial charge in [0.25, 0.3) is 0 Å². The molecule has 2 aliphatic rings. The normalized spacial score (nSPS) is 23.0. The van der Waals surface area contributed by atoms with Gasteiger partial charge in [0.05, 0.1) is 0 Å². The molecule has 2 N–H and O–H groups in total. The second-order valence-electron chi connectivity index (χ2n) is 7.27. The van der Waals surface area contributed by atoms with E-state index in [9.17, 15) is 19.5 Å². The van der Waals surface area contributed by atoms with Crippen LogP contribution in [0.1, 0.15) is 28.5 Å². The number of ether oxygens (including phenoxy) is 1. The molecule has 0 radical (unpaired) electrons. The van der Waals surface area contributed by atoms with Crippen molar-refractivity contribution in [1.29, 1.82) is 0 Å². The van der Waals surface area contributed by atoms with Crippen LogP contribution in [0.25, 0.3) is 0 Å². The summed E-state index contributed by atoms with van der Waals surface area (Å²) in [6.07, 6.45) is -0.0322. The van der Waals surface area contributed by atoms with Crippen LogP contribution in [0.2, 0.25) is 0 Å². The van der Waals surface area contributed by atoms with Crippen LogP contribution in [-0.4, -0.2) is 45.8 Å². The number of carboxylic acid groups (broad SMARTS) is 1. The van der Waals surface area contributed by atoms with Crippen molar-refractivity contribution >= 4 is 29.7 Å². The van der Waals surface area contributed by atoms with Gasteiger partial charge in [-0.05, 0) is 28.9 Å². The molecule has 0 bridgehead atoms. The number of carbonyl (C=O) groups excluding carboxylic acids is 2. The van der Waals surface area contributed by atoms with Crippen molar-refractivity contribution in [3.8, 4) is 0 Å². The van der Waals surface area contributed by atoms with E-state index >= 15 is 0 Å². The number of hydrogen-bond donors (Lipinski definition) is 2. The van der Waals surface area contributed by atoms with E-state index in [1.165, 1.54) is 16.7 Å². The molecule has 7 nitrogen and oxygen atoms in total. The summed E-state index contributed by atoms with van der Waals surface area (Å²) in [6, 6.07) is 15.1. The fourth-order valence-corrected chi connectivity index (χ4v) is 5.28. The summed E-state index contributed by atoms with van der Waals surface area (Å²) in [7, 11) is 0. The predicted molar refractivity (Wildman–Crippen MR) is 112 cm³/mol.